The van der Waals surface area contributed by atoms with Crippen molar-refractivity contribution < 1.29 is 4.74 Å². The molecule has 0 unspecified atom stereocenters. The number of anilines is 1. The smallest absolute Gasteiger partial charge is 0.185 e. The number of H-pyrrole nitrogens is 1. The molecule has 3 aromatic rings. The fraction of sp³-hybridized carbons (Fsp3) is 0.312. The molecular weight excluding hydrogens is 310 g/mol. The summed E-state index contributed by atoms with van der Waals surface area (Å²) in [5, 5.41) is 9.89. The molecule has 118 valence electrons. The van der Waals surface area contributed by atoms with Crippen molar-refractivity contribution in [2.24, 2.45) is 0 Å². The van der Waals surface area contributed by atoms with Crippen molar-refractivity contribution >= 4 is 16.5 Å². The highest BCUT2D eigenvalue weighted by atomic mass is 32.1. The zero-order valence-electron chi connectivity index (χ0n) is 12.8. The number of aromatic nitrogens is 4. The van der Waals surface area contributed by atoms with E-state index in [2.05, 4.69) is 37.5 Å². The number of nitrogens with zero attached hydrogens (tertiary/aromatic N) is 4. The summed E-state index contributed by atoms with van der Waals surface area (Å²) >= 11 is 1.67. The van der Waals surface area contributed by atoms with Crippen LogP contribution in [0, 0.1) is 0 Å². The molecule has 2 heterocycles. The van der Waals surface area contributed by atoms with Crippen LogP contribution in [0.5, 0.6) is 5.75 Å². The molecule has 0 saturated heterocycles. The molecule has 1 saturated carbocycles. The number of benzene rings is 1. The van der Waals surface area contributed by atoms with Crippen molar-refractivity contribution in [2.45, 2.75) is 25.5 Å². The summed E-state index contributed by atoms with van der Waals surface area (Å²) in [6, 6.07) is 8.46. The molecule has 7 heteroatoms. The van der Waals surface area contributed by atoms with Crippen molar-refractivity contribution in [2.75, 3.05) is 11.9 Å². The number of ether oxygens (including phenoxy) is 1. The highest BCUT2D eigenvalue weighted by Gasteiger charge is 2.28. The zero-order chi connectivity index (χ0) is 15.6. The van der Waals surface area contributed by atoms with Gasteiger partial charge in [-0.1, -0.05) is 12.1 Å². The van der Waals surface area contributed by atoms with E-state index in [4.69, 9.17) is 4.74 Å². The van der Waals surface area contributed by atoms with Gasteiger partial charge in [-0.15, -0.1) is 11.3 Å². The van der Waals surface area contributed by atoms with Crippen LogP contribution < -0.4 is 9.64 Å². The second kappa shape index (κ2) is 6.00. The van der Waals surface area contributed by atoms with Crippen molar-refractivity contribution in [1.29, 1.82) is 0 Å². The minimum atomic E-state index is 0.445. The Labute approximate surface area is 138 Å². The van der Waals surface area contributed by atoms with Crippen LogP contribution in [0.2, 0.25) is 0 Å². The third-order valence-corrected chi connectivity index (χ3v) is 4.85. The maximum Gasteiger partial charge on any atom is 0.185 e. The molecule has 1 fully saturated rings. The zero-order valence-corrected chi connectivity index (χ0v) is 13.6. The van der Waals surface area contributed by atoms with Crippen LogP contribution in [0.15, 0.2) is 36.0 Å². The predicted octanol–water partition coefficient (Wildman–Crippen LogP) is 3.11. The molecule has 1 N–H and O–H groups in total. The lowest BCUT2D eigenvalue weighted by molar-refractivity contribution is 0.303. The molecule has 4 rings (SSSR count). The average molecular weight is 327 g/mol. The van der Waals surface area contributed by atoms with E-state index in [0.717, 1.165) is 22.1 Å². The summed E-state index contributed by atoms with van der Waals surface area (Å²) in [7, 11) is 2.11. The molecule has 0 atom stereocenters. The summed E-state index contributed by atoms with van der Waals surface area (Å²) in [5.41, 5.74) is 1.85. The lowest BCUT2D eigenvalue weighted by Gasteiger charge is -2.13. The summed E-state index contributed by atoms with van der Waals surface area (Å²) in [6.07, 6.45) is 4.03. The van der Waals surface area contributed by atoms with E-state index >= 15 is 0 Å². The van der Waals surface area contributed by atoms with E-state index in [9.17, 15) is 0 Å². The van der Waals surface area contributed by atoms with Crippen molar-refractivity contribution in [3.05, 3.63) is 41.7 Å². The largest absolute Gasteiger partial charge is 0.486 e. The Morgan fingerprint density at radius 1 is 1.35 bits per heavy atom. The van der Waals surface area contributed by atoms with Gasteiger partial charge < -0.3 is 9.64 Å². The molecule has 1 aliphatic rings. The molecular formula is C16H17N5OS. The van der Waals surface area contributed by atoms with Gasteiger partial charge in [-0.05, 0) is 25.0 Å². The molecule has 0 amide bonds. The van der Waals surface area contributed by atoms with Gasteiger partial charge in [0.15, 0.2) is 11.0 Å². The molecule has 23 heavy (non-hydrogen) atoms. The van der Waals surface area contributed by atoms with E-state index in [0.29, 0.717) is 18.5 Å². The van der Waals surface area contributed by atoms with Gasteiger partial charge in [-0.3, -0.25) is 5.10 Å². The molecule has 0 aliphatic heterocycles. The Kier molecular flexibility index (Phi) is 3.70. The van der Waals surface area contributed by atoms with Crippen molar-refractivity contribution in [1.82, 2.24) is 20.2 Å². The fourth-order valence-corrected chi connectivity index (χ4v) is 3.27. The number of para-hydroxylation sites is 1. The average Bonchev–Trinajstić information content (AvgIpc) is 3.10. The Morgan fingerprint density at radius 3 is 3.00 bits per heavy atom. The molecule has 6 nitrogen and oxygen atoms in total. The van der Waals surface area contributed by atoms with Crippen LogP contribution >= 0.6 is 11.3 Å². The van der Waals surface area contributed by atoms with E-state index < -0.39 is 0 Å². The lowest BCUT2D eigenvalue weighted by atomic mass is 10.2. The van der Waals surface area contributed by atoms with Gasteiger partial charge in [0.05, 0.1) is 11.3 Å². The second-order valence-corrected chi connectivity index (χ2v) is 6.42. The van der Waals surface area contributed by atoms with Crippen LogP contribution in [0.25, 0.3) is 11.4 Å². The molecule has 0 bridgehead atoms. The Hall–Kier alpha value is -2.41. The standard InChI is InChI=1S/C16H17N5OS/c1-21(12-6-7-12)16-19-11(9-23-16)8-22-14-5-3-2-4-13(14)15-17-10-18-20-15/h2-5,9-10,12H,6-8H2,1H3,(H,17,18,20). The maximum atomic E-state index is 5.95. The summed E-state index contributed by atoms with van der Waals surface area (Å²) in [5.74, 6) is 1.47. The Bertz CT molecular complexity index is 781. The minimum absolute atomic E-state index is 0.445. The van der Waals surface area contributed by atoms with Gasteiger partial charge in [0, 0.05) is 18.5 Å². The quantitative estimate of drug-likeness (QED) is 0.753. The van der Waals surface area contributed by atoms with Gasteiger partial charge in [0.1, 0.15) is 18.7 Å². The maximum absolute atomic E-state index is 5.95. The van der Waals surface area contributed by atoms with Gasteiger partial charge in [0.25, 0.3) is 0 Å². The number of nitrogens with one attached hydrogen (secondary N) is 1. The first-order valence-corrected chi connectivity index (χ1v) is 8.44. The number of hydrogen-bond acceptors (Lipinski definition) is 6. The van der Waals surface area contributed by atoms with Crippen molar-refractivity contribution in [3.8, 4) is 17.1 Å². The van der Waals surface area contributed by atoms with E-state index in [1.165, 1.54) is 19.2 Å². The first-order chi connectivity index (χ1) is 11.3. The van der Waals surface area contributed by atoms with E-state index in [-0.39, 0.29) is 0 Å². The molecule has 2 aromatic heterocycles. The van der Waals surface area contributed by atoms with Crippen LogP contribution in [0.4, 0.5) is 5.13 Å². The predicted molar refractivity (Wildman–Crippen MR) is 89.7 cm³/mol. The van der Waals surface area contributed by atoms with E-state index in [1.807, 2.05) is 24.3 Å². The van der Waals surface area contributed by atoms with Gasteiger partial charge in [-0.25, -0.2) is 9.97 Å². The van der Waals surface area contributed by atoms with Crippen LogP contribution in [-0.2, 0) is 6.61 Å². The van der Waals surface area contributed by atoms with Crippen LogP contribution in [0.1, 0.15) is 18.5 Å². The summed E-state index contributed by atoms with van der Waals surface area (Å²) in [4.78, 5) is 11.1. The van der Waals surface area contributed by atoms with Gasteiger partial charge in [0.2, 0.25) is 0 Å². The Balaban J connectivity index is 1.47. The minimum Gasteiger partial charge on any atom is -0.486 e. The molecule has 1 aliphatic carbocycles. The molecule has 0 radical (unpaired) electrons. The van der Waals surface area contributed by atoms with Crippen LogP contribution in [-0.4, -0.2) is 33.3 Å². The number of aromatic amines is 1. The summed E-state index contributed by atoms with van der Waals surface area (Å²) < 4.78 is 5.95. The molecule has 0 spiro atoms. The molecule has 1 aromatic carbocycles. The first-order valence-electron chi connectivity index (χ1n) is 7.56. The van der Waals surface area contributed by atoms with Gasteiger partial charge >= 0.3 is 0 Å². The highest BCUT2D eigenvalue weighted by Crippen LogP contribution is 2.32. The van der Waals surface area contributed by atoms with Crippen molar-refractivity contribution in [3.63, 3.8) is 0 Å². The Morgan fingerprint density at radius 2 is 2.22 bits per heavy atom. The van der Waals surface area contributed by atoms with E-state index in [1.54, 1.807) is 11.3 Å². The SMILES string of the molecule is CN(c1nc(COc2ccccc2-c2ncn[nH]2)cs1)C1CC1. The lowest BCUT2D eigenvalue weighted by Crippen LogP contribution is -2.19. The number of hydrogen-bond donors (Lipinski definition) is 1. The topological polar surface area (TPSA) is 66.9 Å². The first kappa shape index (κ1) is 14.2. The number of thiazole rings is 1. The third kappa shape index (κ3) is 3.05. The fourth-order valence-electron chi connectivity index (χ4n) is 2.42. The number of rotatable bonds is 6. The summed E-state index contributed by atoms with van der Waals surface area (Å²) in [6.45, 7) is 0.445. The van der Waals surface area contributed by atoms with Crippen LogP contribution in [0.3, 0.4) is 0 Å². The van der Waals surface area contributed by atoms with Gasteiger partial charge in [-0.2, -0.15) is 5.10 Å². The second-order valence-electron chi connectivity index (χ2n) is 5.58. The third-order valence-electron chi connectivity index (χ3n) is 3.87. The highest BCUT2D eigenvalue weighted by molar-refractivity contribution is 7.13. The normalized spacial score (nSPS) is 14.0. The monoisotopic (exact) mass is 327 g/mol.